The van der Waals surface area contributed by atoms with Crippen LogP contribution in [0, 0.1) is 12.8 Å². The summed E-state index contributed by atoms with van der Waals surface area (Å²) in [5, 5.41) is 7.75. The summed E-state index contributed by atoms with van der Waals surface area (Å²) in [5.74, 6) is 0.675. The lowest BCUT2D eigenvalue weighted by Gasteiger charge is -2.12. The van der Waals surface area contributed by atoms with Gasteiger partial charge >= 0.3 is 0 Å². The Morgan fingerprint density at radius 3 is 2.80 bits per heavy atom. The maximum atomic E-state index is 4.23. The molecule has 0 saturated heterocycles. The highest BCUT2D eigenvalue weighted by Crippen LogP contribution is 2.30. The molecule has 0 saturated carbocycles. The molecule has 0 atom stereocenters. The van der Waals surface area contributed by atoms with E-state index in [-0.39, 0.29) is 0 Å². The fourth-order valence-corrected chi connectivity index (χ4v) is 2.98. The number of aryl methyl sites for hydroxylation is 2. The molecule has 1 aromatic heterocycles. The Kier molecular flexibility index (Phi) is 5.26. The van der Waals surface area contributed by atoms with Crippen LogP contribution in [-0.4, -0.2) is 16.3 Å². The predicted molar refractivity (Wildman–Crippen MR) is 85.1 cm³/mol. The van der Waals surface area contributed by atoms with Gasteiger partial charge in [-0.15, -0.1) is 0 Å². The molecular formula is C16H23N3S. The molecule has 0 spiro atoms. The van der Waals surface area contributed by atoms with Crippen LogP contribution < -0.4 is 5.32 Å². The number of hydrogen-bond donors (Lipinski definition) is 1. The van der Waals surface area contributed by atoms with E-state index in [1.54, 1.807) is 11.8 Å². The Morgan fingerprint density at radius 2 is 2.15 bits per heavy atom. The highest BCUT2D eigenvalue weighted by Gasteiger charge is 2.06. The van der Waals surface area contributed by atoms with E-state index in [1.165, 1.54) is 20.9 Å². The standard InChI is InChI=1S/C16H23N3S/c1-12(2)8-17-9-14-7-13(3)5-6-16(14)20-15-10-18-19(4)11-15/h5-7,10-12,17H,8-9H2,1-4H3. The molecule has 108 valence electrons. The van der Waals surface area contributed by atoms with Gasteiger partial charge in [-0.05, 0) is 31.0 Å². The van der Waals surface area contributed by atoms with Crippen LogP contribution in [-0.2, 0) is 13.6 Å². The molecule has 2 aromatic rings. The van der Waals surface area contributed by atoms with Crippen molar-refractivity contribution in [3.63, 3.8) is 0 Å². The summed E-state index contributed by atoms with van der Waals surface area (Å²) in [6, 6.07) is 6.65. The Hall–Kier alpha value is -1.26. The molecule has 0 bridgehead atoms. The van der Waals surface area contributed by atoms with Crippen LogP contribution in [0.4, 0.5) is 0 Å². The van der Waals surface area contributed by atoms with Gasteiger partial charge in [0.2, 0.25) is 0 Å². The van der Waals surface area contributed by atoms with Crippen molar-refractivity contribution in [1.29, 1.82) is 0 Å². The summed E-state index contributed by atoms with van der Waals surface area (Å²) < 4.78 is 1.84. The van der Waals surface area contributed by atoms with Gasteiger partial charge in [-0.1, -0.05) is 43.3 Å². The van der Waals surface area contributed by atoms with E-state index in [0.29, 0.717) is 5.92 Å². The predicted octanol–water partition coefficient (Wildman–Crippen LogP) is 3.63. The molecule has 0 unspecified atom stereocenters. The van der Waals surface area contributed by atoms with E-state index >= 15 is 0 Å². The largest absolute Gasteiger partial charge is 0.312 e. The second-order valence-corrected chi connectivity index (χ2v) is 6.70. The van der Waals surface area contributed by atoms with Crippen LogP contribution in [0.25, 0.3) is 0 Å². The van der Waals surface area contributed by atoms with Crippen molar-refractivity contribution in [2.45, 2.75) is 37.1 Å². The maximum absolute atomic E-state index is 4.23. The molecule has 4 heteroatoms. The van der Waals surface area contributed by atoms with Gasteiger partial charge in [0.15, 0.2) is 0 Å². The van der Waals surface area contributed by atoms with Gasteiger partial charge in [-0.2, -0.15) is 5.10 Å². The third kappa shape index (κ3) is 4.39. The second kappa shape index (κ2) is 6.95. The molecule has 1 heterocycles. The first-order valence-electron chi connectivity index (χ1n) is 7.01. The average molecular weight is 289 g/mol. The van der Waals surface area contributed by atoms with Gasteiger partial charge in [0.05, 0.1) is 11.1 Å². The molecule has 0 aliphatic rings. The van der Waals surface area contributed by atoms with Crippen LogP contribution >= 0.6 is 11.8 Å². The Morgan fingerprint density at radius 1 is 1.35 bits per heavy atom. The van der Waals surface area contributed by atoms with E-state index in [0.717, 1.165) is 13.1 Å². The van der Waals surface area contributed by atoms with E-state index in [2.05, 4.69) is 55.6 Å². The molecule has 1 aromatic carbocycles. The number of aromatic nitrogens is 2. The summed E-state index contributed by atoms with van der Waals surface area (Å²) in [5.41, 5.74) is 2.67. The SMILES string of the molecule is Cc1ccc(Sc2cnn(C)c2)c(CNCC(C)C)c1. The molecule has 20 heavy (non-hydrogen) atoms. The second-order valence-electron chi connectivity index (χ2n) is 5.59. The average Bonchev–Trinajstić information content (AvgIpc) is 2.78. The van der Waals surface area contributed by atoms with Gasteiger partial charge in [-0.3, -0.25) is 4.68 Å². The van der Waals surface area contributed by atoms with Crippen LogP contribution in [0.2, 0.25) is 0 Å². The van der Waals surface area contributed by atoms with E-state index in [4.69, 9.17) is 0 Å². The summed E-state index contributed by atoms with van der Waals surface area (Å²) in [6.07, 6.45) is 3.96. The molecular weight excluding hydrogens is 266 g/mol. The van der Waals surface area contributed by atoms with E-state index in [9.17, 15) is 0 Å². The number of hydrogen-bond acceptors (Lipinski definition) is 3. The van der Waals surface area contributed by atoms with Crippen LogP contribution in [0.1, 0.15) is 25.0 Å². The van der Waals surface area contributed by atoms with Gasteiger partial charge in [-0.25, -0.2) is 0 Å². The third-order valence-corrected chi connectivity index (χ3v) is 4.06. The molecule has 0 aliphatic carbocycles. The summed E-state index contributed by atoms with van der Waals surface area (Å²) >= 11 is 1.78. The minimum atomic E-state index is 0.675. The molecule has 0 aliphatic heterocycles. The molecule has 3 nitrogen and oxygen atoms in total. The highest BCUT2D eigenvalue weighted by molar-refractivity contribution is 7.99. The number of benzene rings is 1. The molecule has 0 amide bonds. The van der Waals surface area contributed by atoms with Crippen LogP contribution in [0.5, 0.6) is 0 Å². The quantitative estimate of drug-likeness (QED) is 0.881. The zero-order chi connectivity index (χ0) is 14.5. The van der Waals surface area contributed by atoms with E-state index < -0.39 is 0 Å². The van der Waals surface area contributed by atoms with Gasteiger partial charge in [0, 0.05) is 24.7 Å². The van der Waals surface area contributed by atoms with Gasteiger partial charge in [0.1, 0.15) is 0 Å². The Balaban J connectivity index is 2.10. The summed E-state index contributed by atoms with van der Waals surface area (Å²) in [4.78, 5) is 2.49. The minimum absolute atomic E-state index is 0.675. The van der Waals surface area contributed by atoms with Crippen molar-refractivity contribution in [2.24, 2.45) is 13.0 Å². The molecule has 0 radical (unpaired) electrons. The Labute approximate surface area is 125 Å². The lowest BCUT2D eigenvalue weighted by Crippen LogP contribution is -2.19. The molecule has 1 N–H and O–H groups in total. The fourth-order valence-electron chi connectivity index (χ4n) is 2.02. The van der Waals surface area contributed by atoms with Crippen LogP contribution in [0.15, 0.2) is 40.4 Å². The van der Waals surface area contributed by atoms with Crippen molar-refractivity contribution in [3.05, 3.63) is 41.7 Å². The number of nitrogens with one attached hydrogen (secondary N) is 1. The smallest absolute Gasteiger partial charge is 0.0629 e. The highest BCUT2D eigenvalue weighted by atomic mass is 32.2. The molecule has 2 rings (SSSR count). The summed E-state index contributed by atoms with van der Waals surface area (Å²) in [6.45, 7) is 8.57. The minimum Gasteiger partial charge on any atom is -0.312 e. The van der Waals surface area contributed by atoms with Gasteiger partial charge in [0.25, 0.3) is 0 Å². The maximum Gasteiger partial charge on any atom is 0.0629 e. The number of rotatable bonds is 6. The monoisotopic (exact) mass is 289 g/mol. The van der Waals surface area contributed by atoms with Crippen molar-refractivity contribution < 1.29 is 0 Å². The first-order valence-corrected chi connectivity index (χ1v) is 7.83. The van der Waals surface area contributed by atoms with Gasteiger partial charge < -0.3 is 5.32 Å². The zero-order valence-electron chi connectivity index (χ0n) is 12.7. The van der Waals surface area contributed by atoms with Crippen molar-refractivity contribution >= 4 is 11.8 Å². The topological polar surface area (TPSA) is 29.9 Å². The first-order chi connectivity index (χ1) is 9.54. The fraction of sp³-hybridized carbons (Fsp3) is 0.438. The number of nitrogens with zero attached hydrogens (tertiary/aromatic N) is 2. The molecule has 0 fully saturated rings. The normalized spacial score (nSPS) is 11.2. The van der Waals surface area contributed by atoms with Crippen molar-refractivity contribution in [1.82, 2.24) is 15.1 Å². The third-order valence-electron chi connectivity index (χ3n) is 2.99. The van der Waals surface area contributed by atoms with Crippen molar-refractivity contribution in [3.8, 4) is 0 Å². The van der Waals surface area contributed by atoms with Crippen molar-refractivity contribution in [2.75, 3.05) is 6.54 Å². The van der Waals surface area contributed by atoms with E-state index in [1.807, 2.05) is 17.9 Å². The summed E-state index contributed by atoms with van der Waals surface area (Å²) in [7, 11) is 1.95. The lowest BCUT2D eigenvalue weighted by molar-refractivity contribution is 0.550. The van der Waals surface area contributed by atoms with Crippen LogP contribution in [0.3, 0.4) is 0 Å². The lowest BCUT2D eigenvalue weighted by atomic mass is 10.1. The zero-order valence-corrected chi connectivity index (χ0v) is 13.5. The first kappa shape index (κ1) is 15.1. The Bertz CT molecular complexity index is 561.